The van der Waals surface area contributed by atoms with Crippen LogP contribution >= 0.6 is 58.8 Å². The molecule has 0 saturated carbocycles. The lowest BCUT2D eigenvalue weighted by Crippen LogP contribution is -2.47. The lowest BCUT2D eigenvalue weighted by Gasteiger charge is -2.26. The number of ether oxygens (including phenoxy) is 3. The second-order valence-electron chi connectivity index (χ2n) is 7.80. The highest BCUT2D eigenvalue weighted by Crippen LogP contribution is 2.35. The van der Waals surface area contributed by atoms with Crippen molar-refractivity contribution in [3.05, 3.63) is 58.5 Å². The molecule has 1 unspecified atom stereocenters. The molecule has 0 bridgehead atoms. The van der Waals surface area contributed by atoms with E-state index in [1.807, 2.05) is 18.2 Å². The number of hydrogen-bond donors (Lipinski definition) is 1. The number of amides is 2. The van der Waals surface area contributed by atoms with Gasteiger partial charge in [0.25, 0.3) is 5.91 Å². The minimum Gasteiger partial charge on any atom is -0.493 e. The Morgan fingerprint density at radius 2 is 1.81 bits per heavy atom. The topological polar surface area (TPSA) is 77.1 Å². The predicted octanol–water partition coefficient (Wildman–Crippen LogP) is 5.75. The monoisotopic (exact) mass is 602 g/mol. The molecule has 7 nitrogen and oxygen atoms in total. The molecular weight excluding hydrogens is 579 g/mol. The fourth-order valence-corrected chi connectivity index (χ4v) is 4.93. The number of methoxy groups -OCH3 is 2. The fourth-order valence-electron chi connectivity index (χ4n) is 3.33. The number of nitrogens with zero attached hydrogens (tertiary/aromatic N) is 1. The van der Waals surface area contributed by atoms with Crippen LogP contribution in [0.4, 0.5) is 0 Å². The quantitative estimate of drug-likeness (QED) is 0.160. The Hall–Kier alpha value is -2.17. The van der Waals surface area contributed by atoms with Gasteiger partial charge in [0, 0.05) is 13.0 Å². The van der Waals surface area contributed by atoms with Gasteiger partial charge in [0.1, 0.15) is 10.1 Å². The molecule has 0 aromatic heterocycles. The Balaban J connectivity index is 1.66. The summed E-state index contributed by atoms with van der Waals surface area (Å²) in [4.78, 5) is 26.9. The van der Waals surface area contributed by atoms with E-state index in [1.54, 1.807) is 56.4 Å². The van der Waals surface area contributed by atoms with Crippen molar-refractivity contribution < 1.29 is 23.8 Å². The number of thiocarbonyl (C=S) groups is 1. The maximum Gasteiger partial charge on any atom is 0.266 e. The summed E-state index contributed by atoms with van der Waals surface area (Å²) in [6, 6.07) is 12.5. The molecule has 1 aliphatic heterocycles. The molecule has 1 N–H and O–H groups in total. The van der Waals surface area contributed by atoms with Gasteiger partial charge in [-0.3, -0.25) is 14.5 Å². The van der Waals surface area contributed by atoms with Crippen molar-refractivity contribution in [1.82, 2.24) is 10.2 Å². The molecule has 1 fully saturated rings. The first-order valence-corrected chi connectivity index (χ1v) is 13.5. The Morgan fingerprint density at radius 1 is 1.14 bits per heavy atom. The third kappa shape index (κ3) is 7.91. The van der Waals surface area contributed by atoms with Gasteiger partial charge < -0.3 is 19.5 Å². The van der Waals surface area contributed by atoms with Gasteiger partial charge in [-0.1, -0.05) is 83.9 Å². The van der Waals surface area contributed by atoms with Crippen molar-refractivity contribution in [3.8, 4) is 17.2 Å². The summed E-state index contributed by atoms with van der Waals surface area (Å²) in [5.41, 5.74) is 1.75. The zero-order valence-electron chi connectivity index (χ0n) is 20.3. The van der Waals surface area contributed by atoms with E-state index < -0.39 is 10.0 Å². The minimum atomic E-state index is -1.87. The van der Waals surface area contributed by atoms with Crippen molar-refractivity contribution in [3.63, 3.8) is 0 Å². The van der Waals surface area contributed by atoms with E-state index in [2.05, 4.69) is 5.32 Å². The van der Waals surface area contributed by atoms with Gasteiger partial charge in [-0.2, -0.15) is 0 Å². The van der Waals surface area contributed by atoms with Crippen LogP contribution in [0.5, 0.6) is 17.2 Å². The molecule has 3 rings (SSSR count). The average molecular weight is 604 g/mol. The summed E-state index contributed by atoms with van der Waals surface area (Å²) >= 11 is 24.5. The molecule has 1 atom stereocenters. The van der Waals surface area contributed by atoms with Gasteiger partial charge in [-0.25, -0.2) is 0 Å². The zero-order chi connectivity index (χ0) is 27.2. The summed E-state index contributed by atoms with van der Waals surface area (Å²) < 4.78 is 14.9. The largest absolute Gasteiger partial charge is 0.493 e. The van der Waals surface area contributed by atoms with Gasteiger partial charge in [0.15, 0.2) is 11.5 Å². The smallest absolute Gasteiger partial charge is 0.266 e. The highest BCUT2D eigenvalue weighted by Gasteiger charge is 2.36. The molecule has 2 aromatic rings. The van der Waals surface area contributed by atoms with Gasteiger partial charge in [0.2, 0.25) is 15.9 Å². The molecule has 37 heavy (non-hydrogen) atoms. The summed E-state index contributed by atoms with van der Waals surface area (Å²) in [5.74, 6) is 1.18. The summed E-state index contributed by atoms with van der Waals surface area (Å²) in [5, 5.41) is 2.53. The van der Waals surface area contributed by atoms with Crippen molar-refractivity contribution >= 4 is 81.0 Å². The molecule has 12 heteroatoms. The Morgan fingerprint density at radius 3 is 2.41 bits per heavy atom. The number of carbonyl (C=O) groups is 2. The summed E-state index contributed by atoms with van der Waals surface area (Å²) in [7, 11) is 3.16. The Kier molecular flexibility index (Phi) is 10.4. The lowest BCUT2D eigenvalue weighted by molar-refractivity contribution is -0.123. The van der Waals surface area contributed by atoms with E-state index in [4.69, 9.17) is 61.2 Å². The number of hydrogen-bond acceptors (Lipinski definition) is 7. The molecule has 2 amide bonds. The Bertz CT molecular complexity index is 1190. The van der Waals surface area contributed by atoms with Crippen LogP contribution in [0.3, 0.4) is 0 Å². The second-order valence-corrected chi connectivity index (χ2v) is 11.8. The van der Waals surface area contributed by atoms with Gasteiger partial charge in [-0.15, -0.1) is 0 Å². The van der Waals surface area contributed by atoms with Crippen molar-refractivity contribution in [2.45, 2.75) is 29.8 Å². The minimum absolute atomic E-state index is 0.158. The highest BCUT2D eigenvalue weighted by atomic mass is 35.6. The van der Waals surface area contributed by atoms with Crippen molar-refractivity contribution in [1.29, 1.82) is 0 Å². The van der Waals surface area contributed by atoms with Crippen LogP contribution in [0, 0.1) is 0 Å². The SMILES string of the molecule is CCC(=O)NC(Oc1ccc(C=C2SC(=S)N(CCc3ccc(OC)c(OC)c3)C2=O)cc1)C(Cl)(Cl)Cl. The number of halogens is 3. The van der Waals surface area contributed by atoms with Crippen molar-refractivity contribution in [2.24, 2.45) is 0 Å². The Labute approximate surface area is 240 Å². The van der Waals surface area contributed by atoms with Crippen molar-refractivity contribution in [2.75, 3.05) is 20.8 Å². The van der Waals surface area contributed by atoms with Gasteiger partial charge in [0.05, 0.1) is 19.1 Å². The molecule has 0 radical (unpaired) electrons. The maximum absolute atomic E-state index is 13.0. The zero-order valence-corrected chi connectivity index (χ0v) is 24.2. The van der Waals surface area contributed by atoms with Crippen LogP contribution in [0.15, 0.2) is 47.4 Å². The molecule has 1 heterocycles. The molecule has 0 spiro atoms. The van der Waals surface area contributed by atoms with Crippen LogP contribution < -0.4 is 19.5 Å². The van der Waals surface area contributed by atoms with Crippen LogP contribution in [0.1, 0.15) is 24.5 Å². The molecule has 1 aliphatic rings. The van der Waals surface area contributed by atoms with E-state index >= 15 is 0 Å². The van der Waals surface area contributed by atoms with Crippen LogP contribution in [0.25, 0.3) is 6.08 Å². The summed E-state index contributed by atoms with van der Waals surface area (Å²) in [6.07, 6.45) is 1.40. The van der Waals surface area contributed by atoms with E-state index in [9.17, 15) is 9.59 Å². The first kappa shape index (κ1) is 29.4. The predicted molar refractivity (Wildman–Crippen MR) is 153 cm³/mol. The van der Waals surface area contributed by atoms with E-state index in [0.717, 1.165) is 11.1 Å². The van der Waals surface area contributed by atoms with Crippen LogP contribution in [-0.4, -0.2) is 51.8 Å². The highest BCUT2D eigenvalue weighted by molar-refractivity contribution is 8.26. The third-order valence-corrected chi connectivity index (χ3v) is 7.26. The molecule has 1 saturated heterocycles. The van der Waals surface area contributed by atoms with Gasteiger partial charge >= 0.3 is 0 Å². The number of rotatable bonds is 10. The number of carbonyl (C=O) groups excluding carboxylic acids is 2. The van der Waals surface area contributed by atoms with E-state index in [0.29, 0.717) is 39.4 Å². The van der Waals surface area contributed by atoms with E-state index in [1.165, 1.54) is 11.8 Å². The number of nitrogens with one attached hydrogen (secondary N) is 1. The van der Waals surface area contributed by atoms with Crippen LogP contribution in [-0.2, 0) is 16.0 Å². The molecule has 198 valence electrons. The first-order chi connectivity index (χ1) is 17.5. The third-order valence-electron chi connectivity index (χ3n) is 5.29. The van der Waals surface area contributed by atoms with E-state index in [-0.39, 0.29) is 18.2 Å². The summed E-state index contributed by atoms with van der Waals surface area (Å²) in [6.45, 7) is 2.12. The molecular formula is C25H25Cl3N2O5S2. The average Bonchev–Trinajstić information content (AvgIpc) is 3.14. The van der Waals surface area contributed by atoms with Crippen LogP contribution in [0.2, 0.25) is 0 Å². The fraction of sp³-hybridized carbons (Fsp3) is 0.320. The van der Waals surface area contributed by atoms with Gasteiger partial charge in [-0.05, 0) is 47.9 Å². The number of alkyl halides is 3. The lowest BCUT2D eigenvalue weighted by atomic mass is 10.1. The molecule has 0 aliphatic carbocycles. The maximum atomic E-state index is 13.0. The molecule has 2 aromatic carbocycles. The number of thioether (sulfide) groups is 1. The standard InChI is InChI=1S/C25H25Cl3N2O5S2/c1-4-21(31)29-23(25(26,27)28)35-17-8-5-15(6-9-17)14-20-22(32)30(24(36)37-20)12-11-16-7-10-18(33-2)19(13-16)34-3/h5-10,13-14,23H,4,11-12H2,1-3H3,(H,29,31). The first-order valence-electron chi connectivity index (χ1n) is 11.1. The number of benzene rings is 2. The normalized spacial score (nSPS) is 15.6. The second kappa shape index (κ2) is 13.1.